The first-order valence-electron chi connectivity index (χ1n) is 4.68. The third kappa shape index (κ3) is 2.03. The number of nitrogens with zero attached hydrogens (tertiary/aromatic N) is 4. The molecule has 0 aliphatic carbocycles. The van der Waals surface area contributed by atoms with Crippen molar-refractivity contribution in [3.05, 3.63) is 27.7 Å². The first-order valence-corrected chi connectivity index (χ1v) is 5.56. The van der Waals surface area contributed by atoms with E-state index in [9.17, 15) is 0 Å². The molecule has 0 unspecified atom stereocenters. The third-order valence-corrected chi connectivity index (χ3v) is 3.07. The molecule has 6 nitrogen and oxygen atoms in total. The van der Waals surface area contributed by atoms with E-state index in [0.717, 1.165) is 4.88 Å². The molecule has 0 aliphatic heterocycles. The highest BCUT2D eigenvalue weighted by Gasteiger charge is 2.03. The fourth-order valence-electron chi connectivity index (χ4n) is 1.11. The summed E-state index contributed by atoms with van der Waals surface area (Å²) in [4.78, 5) is 1.10. The second-order valence-corrected chi connectivity index (χ2v) is 4.23. The van der Waals surface area contributed by atoms with Crippen molar-refractivity contribution in [3.8, 4) is 0 Å². The molecule has 84 valence electrons. The zero-order chi connectivity index (χ0) is 11.5. The van der Waals surface area contributed by atoms with Gasteiger partial charge in [-0.15, -0.1) is 21.5 Å². The van der Waals surface area contributed by atoms with Crippen LogP contribution < -0.4 is 11.3 Å². The summed E-state index contributed by atoms with van der Waals surface area (Å²) in [6, 6.07) is 2.04. The maximum Gasteiger partial charge on any atom is 0.263 e. The molecular weight excluding hydrogens is 224 g/mol. The lowest BCUT2D eigenvalue weighted by atomic mass is 10.3. The van der Waals surface area contributed by atoms with Crippen LogP contribution in [-0.2, 0) is 0 Å². The summed E-state index contributed by atoms with van der Waals surface area (Å²) >= 11 is 1.63. The minimum absolute atomic E-state index is 0.419. The Labute approximate surface area is 96.8 Å². The van der Waals surface area contributed by atoms with E-state index in [1.807, 2.05) is 18.4 Å². The Bertz CT molecular complexity index is 512. The Morgan fingerprint density at radius 2 is 2.31 bits per heavy atom. The number of nitrogen functional groups attached to an aromatic ring is 1. The van der Waals surface area contributed by atoms with Crippen molar-refractivity contribution >= 4 is 23.5 Å². The van der Waals surface area contributed by atoms with Gasteiger partial charge in [0.25, 0.3) is 5.95 Å². The summed E-state index contributed by atoms with van der Waals surface area (Å²) in [6.07, 6.45) is 1.74. The van der Waals surface area contributed by atoms with E-state index < -0.39 is 0 Å². The molecule has 0 spiro atoms. The highest BCUT2D eigenvalue weighted by atomic mass is 32.1. The van der Waals surface area contributed by atoms with Gasteiger partial charge in [-0.3, -0.25) is 0 Å². The first-order chi connectivity index (χ1) is 7.68. The molecule has 0 aromatic carbocycles. The van der Waals surface area contributed by atoms with Crippen LogP contribution in [0.3, 0.4) is 0 Å². The molecule has 0 saturated carbocycles. The number of anilines is 1. The molecule has 0 amide bonds. The molecule has 0 fully saturated rings. The lowest BCUT2D eigenvalue weighted by molar-refractivity contribution is 0.926. The Morgan fingerprint density at radius 3 is 2.88 bits per heavy atom. The molecule has 0 bridgehead atoms. The topological polar surface area (TPSA) is 81.1 Å². The van der Waals surface area contributed by atoms with E-state index in [0.29, 0.717) is 11.8 Å². The van der Waals surface area contributed by atoms with Crippen molar-refractivity contribution in [1.82, 2.24) is 14.9 Å². The molecule has 0 saturated heterocycles. The quantitative estimate of drug-likeness (QED) is 0.475. The van der Waals surface area contributed by atoms with Gasteiger partial charge in [0, 0.05) is 4.88 Å². The molecule has 3 N–H and O–H groups in total. The number of hydrogen-bond donors (Lipinski definition) is 2. The van der Waals surface area contributed by atoms with Gasteiger partial charge in [0.2, 0.25) is 0 Å². The zero-order valence-electron chi connectivity index (χ0n) is 9.01. The summed E-state index contributed by atoms with van der Waals surface area (Å²) in [5, 5.41) is 13.7. The van der Waals surface area contributed by atoms with Crippen LogP contribution >= 0.6 is 11.3 Å². The third-order valence-electron chi connectivity index (χ3n) is 2.11. The van der Waals surface area contributed by atoms with Crippen LogP contribution in [0.5, 0.6) is 0 Å². The average Bonchev–Trinajstić information content (AvgIpc) is 2.80. The van der Waals surface area contributed by atoms with Crippen LogP contribution in [0.25, 0.3) is 0 Å². The fourth-order valence-corrected chi connectivity index (χ4v) is 1.90. The maximum absolute atomic E-state index is 5.65. The lowest BCUT2D eigenvalue weighted by Gasteiger charge is -1.98. The van der Waals surface area contributed by atoms with Crippen molar-refractivity contribution in [3.63, 3.8) is 0 Å². The van der Waals surface area contributed by atoms with Crippen molar-refractivity contribution in [2.75, 3.05) is 11.3 Å². The smallest absolute Gasteiger partial charge is 0.263 e. The molecule has 0 aliphatic rings. The van der Waals surface area contributed by atoms with E-state index in [-0.39, 0.29) is 0 Å². The minimum atomic E-state index is 0.419. The number of thiophene rings is 1. The van der Waals surface area contributed by atoms with Gasteiger partial charge >= 0.3 is 0 Å². The summed E-state index contributed by atoms with van der Waals surface area (Å²) in [7, 11) is 0. The number of hydrogen-bond acceptors (Lipinski definition) is 6. The van der Waals surface area contributed by atoms with Gasteiger partial charge in [0.05, 0.1) is 6.21 Å². The van der Waals surface area contributed by atoms with Crippen LogP contribution in [0.2, 0.25) is 0 Å². The van der Waals surface area contributed by atoms with Crippen LogP contribution in [0.1, 0.15) is 16.3 Å². The summed E-state index contributed by atoms with van der Waals surface area (Å²) < 4.78 is 1.35. The number of aryl methyl sites for hydroxylation is 2. The maximum atomic E-state index is 5.65. The second kappa shape index (κ2) is 4.31. The van der Waals surface area contributed by atoms with Gasteiger partial charge in [-0.2, -0.15) is 5.10 Å². The Hall–Kier alpha value is -1.89. The van der Waals surface area contributed by atoms with Gasteiger partial charge in [-0.25, -0.2) is 10.1 Å². The van der Waals surface area contributed by atoms with Crippen LogP contribution in [0, 0.1) is 13.8 Å². The number of nitrogens with two attached hydrogens (primary N) is 1. The van der Waals surface area contributed by atoms with Crippen LogP contribution in [-0.4, -0.2) is 21.1 Å². The summed E-state index contributed by atoms with van der Waals surface area (Å²) in [6.45, 7) is 3.80. The second-order valence-electron chi connectivity index (χ2n) is 3.28. The predicted molar refractivity (Wildman–Crippen MR) is 65.2 cm³/mol. The van der Waals surface area contributed by atoms with Gasteiger partial charge in [0.15, 0.2) is 5.82 Å². The molecule has 0 radical (unpaired) electrons. The van der Waals surface area contributed by atoms with Crippen molar-refractivity contribution < 1.29 is 0 Å². The van der Waals surface area contributed by atoms with Gasteiger partial charge in [0.1, 0.15) is 0 Å². The van der Waals surface area contributed by atoms with E-state index in [1.54, 1.807) is 24.5 Å². The van der Waals surface area contributed by atoms with Gasteiger partial charge < -0.3 is 5.84 Å². The van der Waals surface area contributed by atoms with Crippen LogP contribution in [0.15, 0.2) is 16.5 Å². The van der Waals surface area contributed by atoms with E-state index in [1.165, 1.54) is 10.2 Å². The molecule has 0 atom stereocenters. The Balaban J connectivity index is 2.05. The standard InChI is InChI=1S/C9H12N6S/c1-6-3-4-16-8(6)5-11-13-9-14-12-7(2)15(9)10/h3-5H,10H2,1-2H3,(H,13,14)/b11-5+. The molecule has 16 heavy (non-hydrogen) atoms. The number of rotatable bonds is 3. The molecule has 2 aromatic rings. The minimum Gasteiger partial charge on any atom is -0.335 e. The highest BCUT2D eigenvalue weighted by Crippen LogP contribution is 2.12. The highest BCUT2D eigenvalue weighted by molar-refractivity contribution is 7.11. The Morgan fingerprint density at radius 1 is 1.50 bits per heavy atom. The fraction of sp³-hybridized carbons (Fsp3) is 0.222. The van der Waals surface area contributed by atoms with Crippen LogP contribution in [0.4, 0.5) is 5.95 Å². The number of aromatic nitrogens is 3. The van der Waals surface area contributed by atoms with Gasteiger partial charge in [-0.1, -0.05) is 0 Å². The lowest BCUT2D eigenvalue weighted by Crippen LogP contribution is -2.13. The first kappa shape index (κ1) is 10.6. The molecule has 2 heterocycles. The van der Waals surface area contributed by atoms with E-state index in [4.69, 9.17) is 5.84 Å². The van der Waals surface area contributed by atoms with Crippen molar-refractivity contribution in [2.24, 2.45) is 5.10 Å². The molecule has 7 heteroatoms. The van der Waals surface area contributed by atoms with Gasteiger partial charge in [-0.05, 0) is 30.9 Å². The van der Waals surface area contributed by atoms with Crippen molar-refractivity contribution in [2.45, 2.75) is 13.8 Å². The number of nitrogens with one attached hydrogen (secondary N) is 1. The van der Waals surface area contributed by atoms with E-state index in [2.05, 4.69) is 20.7 Å². The SMILES string of the molecule is Cc1ccsc1/C=N/Nc1nnc(C)n1N. The summed E-state index contributed by atoms with van der Waals surface area (Å²) in [5.41, 5.74) is 3.94. The molecule has 2 rings (SSSR count). The molecular formula is C9H12N6S. The summed E-state index contributed by atoms with van der Waals surface area (Å²) in [5.74, 6) is 6.70. The Kier molecular flexibility index (Phi) is 2.86. The largest absolute Gasteiger partial charge is 0.335 e. The normalized spacial score (nSPS) is 11.1. The van der Waals surface area contributed by atoms with Crippen molar-refractivity contribution in [1.29, 1.82) is 0 Å². The monoisotopic (exact) mass is 236 g/mol. The zero-order valence-corrected chi connectivity index (χ0v) is 9.82. The average molecular weight is 236 g/mol. The number of hydrazone groups is 1. The predicted octanol–water partition coefficient (Wildman–Crippen LogP) is 1.12. The van der Waals surface area contributed by atoms with E-state index >= 15 is 0 Å². The molecule has 2 aromatic heterocycles.